The van der Waals surface area contributed by atoms with E-state index >= 15 is 0 Å². The van der Waals surface area contributed by atoms with E-state index in [1.54, 1.807) is 0 Å². The molecule has 0 bridgehead atoms. The zero-order valence-corrected chi connectivity index (χ0v) is 14.2. The summed E-state index contributed by atoms with van der Waals surface area (Å²) in [5.74, 6) is -0.375. The van der Waals surface area contributed by atoms with Crippen molar-refractivity contribution in [3.63, 3.8) is 0 Å². The monoisotopic (exact) mass is 363 g/mol. The first kappa shape index (κ1) is 18.5. The van der Waals surface area contributed by atoms with Gasteiger partial charge in [-0.2, -0.15) is 13.2 Å². The first-order chi connectivity index (χ1) is 12.4. The molecule has 2 aromatic rings. The molecule has 1 saturated heterocycles. The summed E-state index contributed by atoms with van der Waals surface area (Å²) in [5, 5.41) is 2.89. The van der Waals surface area contributed by atoms with Crippen LogP contribution in [0.5, 0.6) is 0 Å². The molecule has 1 heterocycles. The van der Waals surface area contributed by atoms with E-state index in [-0.39, 0.29) is 16.9 Å². The summed E-state index contributed by atoms with van der Waals surface area (Å²) in [7, 11) is 0. The van der Waals surface area contributed by atoms with E-state index in [4.69, 9.17) is 4.74 Å². The Morgan fingerprint density at radius 1 is 1.00 bits per heavy atom. The average molecular weight is 363 g/mol. The molecular weight excluding hydrogens is 343 g/mol. The molecule has 1 amide bonds. The molecule has 1 aliphatic heterocycles. The van der Waals surface area contributed by atoms with Crippen LogP contribution < -0.4 is 5.32 Å². The Labute approximate surface area is 150 Å². The zero-order valence-electron chi connectivity index (χ0n) is 14.2. The fourth-order valence-corrected chi connectivity index (χ4v) is 3.28. The Hall–Kier alpha value is -2.34. The molecule has 0 aliphatic carbocycles. The highest BCUT2D eigenvalue weighted by Crippen LogP contribution is 2.34. The predicted molar refractivity (Wildman–Crippen MR) is 92.0 cm³/mol. The molecule has 0 radical (unpaired) electrons. The Morgan fingerprint density at radius 2 is 1.62 bits per heavy atom. The van der Waals surface area contributed by atoms with Gasteiger partial charge in [-0.1, -0.05) is 30.3 Å². The highest BCUT2D eigenvalue weighted by molar-refractivity contribution is 5.94. The van der Waals surface area contributed by atoms with Gasteiger partial charge < -0.3 is 10.1 Å². The molecule has 3 rings (SSSR count). The Balaban J connectivity index is 1.72. The van der Waals surface area contributed by atoms with E-state index in [1.165, 1.54) is 12.1 Å². The van der Waals surface area contributed by atoms with Gasteiger partial charge in [0.25, 0.3) is 5.91 Å². The van der Waals surface area contributed by atoms with Crippen molar-refractivity contribution in [1.29, 1.82) is 0 Å². The third-order valence-electron chi connectivity index (χ3n) is 4.90. The fourth-order valence-electron chi connectivity index (χ4n) is 3.28. The van der Waals surface area contributed by atoms with Crippen LogP contribution in [0.4, 0.5) is 13.2 Å². The van der Waals surface area contributed by atoms with Gasteiger partial charge in [-0.05, 0) is 42.7 Å². The van der Waals surface area contributed by atoms with Crippen molar-refractivity contribution < 1.29 is 22.7 Å². The van der Waals surface area contributed by atoms with Crippen molar-refractivity contribution in [1.82, 2.24) is 5.32 Å². The summed E-state index contributed by atoms with van der Waals surface area (Å²) in [6, 6.07) is 14.2. The molecule has 2 aromatic carbocycles. The molecule has 3 nitrogen and oxygen atoms in total. The minimum Gasteiger partial charge on any atom is -0.381 e. The van der Waals surface area contributed by atoms with Crippen LogP contribution in [0.15, 0.2) is 54.6 Å². The van der Waals surface area contributed by atoms with Crippen molar-refractivity contribution in [3.05, 3.63) is 71.3 Å². The van der Waals surface area contributed by atoms with Crippen molar-refractivity contribution >= 4 is 5.91 Å². The standard InChI is InChI=1S/C20H20F3NO2/c21-20(22,23)17-8-6-15(7-9-17)18(25)24-14-19(10-12-26-13-11-19)16-4-2-1-3-5-16/h1-9H,10-14H2,(H,24,25). The summed E-state index contributed by atoms with van der Waals surface area (Å²) >= 11 is 0. The molecule has 138 valence electrons. The van der Waals surface area contributed by atoms with E-state index in [0.717, 1.165) is 30.5 Å². The summed E-state index contributed by atoms with van der Waals surface area (Å²) in [6.45, 7) is 1.65. The number of carbonyl (C=O) groups excluding carboxylic acids is 1. The largest absolute Gasteiger partial charge is 0.416 e. The third kappa shape index (κ3) is 4.07. The third-order valence-corrected chi connectivity index (χ3v) is 4.90. The van der Waals surface area contributed by atoms with Gasteiger partial charge in [-0.3, -0.25) is 4.79 Å². The van der Waals surface area contributed by atoms with Crippen LogP contribution in [0.3, 0.4) is 0 Å². The van der Waals surface area contributed by atoms with Gasteiger partial charge >= 0.3 is 6.18 Å². The van der Waals surface area contributed by atoms with E-state index < -0.39 is 11.7 Å². The van der Waals surface area contributed by atoms with Crippen LogP contribution in [0.1, 0.15) is 34.3 Å². The summed E-state index contributed by atoms with van der Waals surface area (Å²) in [4.78, 5) is 12.4. The maximum Gasteiger partial charge on any atom is 0.416 e. The Bertz CT molecular complexity index is 736. The number of alkyl halides is 3. The van der Waals surface area contributed by atoms with Crippen LogP contribution in [-0.4, -0.2) is 25.7 Å². The van der Waals surface area contributed by atoms with Gasteiger partial charge in [0, 0.05) is 30.7 Å². The number of ether oxygens (including phenoxy) is 1. The van der Waals surface area contributed by atoms with Crippen LogP contribution in [0, 0.1) is 0 Å². The second-order valence-corrected chi connectivity index (χ2v) is 6.52. The second kappa shape index (κ2) is 7.50. The number of hydrogen-bond acceptors (Lipinski definition) is 2. The number of hydrogen-bond donors (Lipinski definition) is 1. The lowest BCUT2D eigenvalue weighted by Crippen LogP contribution is -2.44. The first-order valence-electron chi connectivity index (χ1n) is 8.49. The lowest BCUT2D eigenvalue weighted by Gasteiger charge is -2.38. The molecule has 26 heavy (non-hydrogen) atoms. The Kier molecular flexibility index (Phi) is 5.32. The number of halogens is 3. The van der Waals surface area contributed by atoms with E-state index in [1.807, 2.05) is 30.3 Å². The molecule has 0 aromatic heterocycles. The zero-order chi connectivity index (χ0) is 18.6. The molecule has 1 fully saturated rings. The van der Waals surface area contributed by atoms with Gasteiger partial charge in [-0.25, -0.2) is 0 Å². The number of carbonyl (C=O) groups is 1. The maximum atomic E-state index is 12.6. The number of rotatable bonds is 4. The summed E-state index contributed by atoms with van der Waals surface area (Å²) in [6.07, 6.45) is -2.84. The minimum absolute atomic E-state index is 0.216. The van der Waals surface area contributed by atoms with Crippen molar-refractivity contribution in [2.24, 2.45) is 0 Å². The molecule has 1 aliphatic rings. The normalized spacial score (nSPS) is 16.9. The van der Waals surface area contributed by atoms with Crippen LogP contribution in [-0.2, 0) is 16.3 Å². The summed E-state index contributed by atoms with van der Waals surface area (Å²) in [5.41, 5.74) is 0.365. The molecule has 6 heteroatoms. The highest BCUT2D eigenvalue weighted by atomic mass is 19.4. The molecule has 1 N–H and O–H groups in total. The smallest absolute Gasteiger partial charge is 0.381 e. The quantitative estimate of drug-likeness (QED) is 0.885. The summed E-state index contributed by atoms with van der Waals surface area (Å²) < 4.78 is 43.4. The molecule has 0 saturated carbocycles. The molecule has 0 spiro atoms. The van der Waals surface area contributed by atoms with Gasteiger partial charge in [0.1, 0.15) is 0 Å². The van der Waals surface area contributed by atoms with Crippen molar-refractivity contribution in [2.45, 2.75) is 24.4 Å². The number of amides is 1. The van der Waals surface area contributed by atoms with Gasteiger partial charge in [0.05, 0.1) is 5.56 Å². The molecule has 0 unspecified atom stereocenters. The van der Waals surface area contributed by atoms with Gasteiger partial charge in [-0.15, -0.1) is 0 Å². The first-order valence-corrected chi connectivity index (χ1v) is 8.49. The van der Waals surface area contributed by atoms with E-state index in [2.05, 4.69) is 5.32 Å². The lowest BCUT2D eigenvalue weighted by molar-refractivity contribution is -0.137. The van der Waals surface area contributed by atoms with Crippen LogP contribution >= 0.6 is 0 Å². The van der Waals surface area contributed by atoms with Crippen molar-refractivity contribution in [2.75, 3.05) is 19.8 Å². The van der Waals surface area contributed by atoms with Crippen LogP contribution in [0.2, 0.25) is 0 Å². The lowest BCUT2D eigenvalue weighted by atomic mass is 9.74. The number of nitrogens with one attached hydrogen (secondary N) is 1. The second-order valence-electron chi connectivity index (χ2n) is 6.52. The molecule has 0 atom stereocenters. The van der Waals surface area contributed by atoms with Crippen molar-refractivity contribution in [3.8, 4) is 0 Å². The van der Waals surface area contributed by atoms with Crippen LogP contribution in [0.25, 0.3) is 0 Å². The van der Waals surface area contributed by atoms with E-state index in [9.17, 15) is 18.0 Å². The van der Waals surface area contributed by atoms with Gasteiger partial charge in [0.15, 0.2) is 0 Å². The van der Waals surface area contributed by atoms with E-state index in [0.29, 0.717) is 19.8 Å². The molecular formula is C20H20F3NO2. The predicted octanol–water partition coefficient (Wildman–Crippen LogP) is 4.18. The number of benzene rings is 2. The highest BCUT2D eigenvalue weighted by Gasteiger charge is 2.35. The minimum atomic E-state index is -4.41. The van der Waals surface area contributed by atoms with Gasteiger partial charge in [0.2, 0.25) is 0 Å². The SMILES string of the molecule is O=C(NCC1(c2ccccc2)CCOCC1)c1ccc(C(F)(F)F)cc1. The maximum absolute atomic E-state index is 12.6. The average Bonchev–Trinajstić information content (AvgIpc) is 2.67. The fraction of sp³-hybridized carbons (Fsp3) is 0.350. The Morgan fingerprint density at radius 3 is 2.19 bits per heavy atom. The topological polar surface area (TPSA) is 38.3 Å².